The summed E-state index contributed by atoms with van der Waals surface area (Å²) in [5, 5.41) is 12.6. The second-order valence-corrected chi connectivity index (χ2v) is 5.43. The van der Waals surface area contributed by atoms with Crippen LogP contribution >= 0.6 is 15.9 Å². The standard InChI is InChI=1S/C13H20BrFN2O/c1-3-13(4-2,8-18)7-17-12-6-10(15)9(14)5-11(12)16/h5-6,17-18H,3-4,7-8,16H2,1-2H3. The van der Waals surface area contributed by atoms with Crippen molar-refractivity contribution in [1.82, 2.24) is 0 Å². The van der Waals surface area contributed by atoms with Gasteiger partial charge in [-0.3, -0.25) is 0 Å². The Morgan fingerprint density at radius 3 is 2.50 bits per heavy atom. The lowest BCUT2D eigenvalue weighted by atomic mass is 9.83. The smallest absolute Gasteiger partial charge is 0.139 e. The first-order chi connectivity index (χ1) is 8.48. The monoisotopic (exact) mass is 318 g/mol. The molecule has 0 aromatic heterocycles. The number of benzene rings is 1. The summed E-state index contributed by atoms with van der Waals surface area (Å²) in [6, 6.07) is 2.91. The molecule has 102 valence electrons. The normalized spacial score (nSPS) is 11.6. The Morgan fingerprint density at radius 1 is 1.39 bits per heavy atom. The van der Waals surface area contributed by atoms with Gasteiger partial charge < -0.3 is 16.2 Å². The number of hydrogen-bond acceptors (Lipinski definition) is 3. The summed E-state index contributed by atoms with van der Waals surface area (Å²) >= 11 is 3.09. The zero-order valence-electron chi connectivity index (χ0n) is 10.8. The van der Waals surface area contributed by atoms with E-state index in [-0.39, 0.29) is 17.8 Å². The fourth-order valence-corrected chi connectivity index (χ4v) is 2.14. The highest BCUT2D eigenvalue weighted by molar-refractivity contribution is 9.10. The van der Waals surface area contributed by atoms with E-state index in [1.54, 1.807) is 0 Å². The van der Waals surface area contributed by atoms with Gasteiger partial charge in [0, 0.05) is 18.0 Å². The van der Waals surface area contributed by atoms with Crippen molar-refractivity contribution in [3.05, 3.63) is 22.4 Å². The predicted molar refractivity (Wildman–Crippen MR) is 77.1 cm³/mol. The van der Waals surface area contributed by atoms with Crippen LogP contribution in [0.15, 0.2) is 16.6 Å². The summed E-state index contributed by atoms with van der Waals surface area (Å²) < 4.78 is 13.8. The van der Waals surface area contributed by atoms with Crippen LogP contribution in [0.2, 0.25) is 0 Å². The molecule has 1 aromatic rings. The van der Waals surface area contributed by atoms with Gasteiger partial charge in [0.15, 0.2) is 0 Å². The fraction of sp³-hybridized carbons (Fsp3) is 0.538. The molecule has 0 fully saturated rings. The van der Waals surface area contributed by atoms with Crippen LogP contribution in [0.4, 0.5) is 15.8 Å². The molecular weight excluding hydrogens is 299 g/mol. The number of anilines is 2. The summed E-state index contributed by atoms with van der Waals surface area (Å²) in [7, 11) is 0. The van der Waals surface area contributed by atoms with Gasteiger partial charge >= 0.3 is 0 Å². The van der Waals surface area contributed by atoms with E-state index < -0.39 is 0 Å². The van der Waals surface area contributed by atoms with Gasteiger partial charge in [0.25, 0.3) is 0 Å². The van der Waals surface area contributed by atoms with E-state index >= 15 is 0 Å². The van der Waals surface area contributed by atoms with E-state index in [0.29, 0.717) is 22.4 Å². The summed E-state index contributed by atoms with van der Waals surface area (Å²) in [6.07, 6.45) is 1.71. The first-order valence-corrected chi connectivity index (χ1v) is 6.86. The fourth-order valence-electron chi connectivity index (χ4n) is 1.78. The van der Waals surface area contributed by atoms with Crippen LogP contribution in [-0.4, -0.2) is 18.3 Å². The number of aliphatic hydroxyl groups excluding tert-OH is 1. The highest BCUT2D eigenvalue weighted by atomic mass is 79.9. The van der Waals surface area contributed by atoms with E-state index in [4.69, 9.17) is 5.73 Å². The average Bonchev–Trinajstić information content (AvgIpc) is 2.37. The number of aliphatic hydroxyl groups is 1. The Morgan fingerprint density at radius 2 is 2.00 bits per heavy atom. The molecule has 3 nitrogen and oxygen atoms in total. The minimum Gasteiger partial charge on any atom is -0.397 e. The number of hydrogen-bond donors (Lipinski definition) is 3. The molecule has 0 amide bonds. The minimum atomic E-state index is -0.353. The highest BCUT2D eigenvalue weighted by Crippen LogP contribution is 2.30. The Labute approximate surface area is 116 Å². The first-order valence-electron chi connectivity index (χ1n) is 6.07. The van der Waals surface area contributed by atoms with E-state index in [0.717, 1.165) is 12.8 Å². The molecule has 4 N–H and O–H groups in total. The van der Waals surface area contributed by atoms with Gasteiger partial charge in [-0.15, -0.1) is 0 Å². The third-order valence-electron chi connectivity index (χ3n) is 3.58. The van der Waals surface area contributed by atoms with Crippen LogP contribution in [0.5, 0.6) is 0 Å². The predicted octanol–water partition coefficient (Wildman–Crippen LogP) is 3.38. The number of nitrogens with two attached hydrogens (primary N) is 1. The molecule has 1 aromatic carbocycles. The van der Waals surface area contributed by atoms with Crippen molar-refractivity contribution in [2.45, 2.75) is 26.7 Å². The molecule has 0 atom stereocenters. The van der Waals surface area contributed by atoms with Gasteiger partial charge in [0.2, 0.25) is 0 Å². The van der Waals surface area contributed by atoms with Crippen LogP contribution < -0.4 is 11.1 Å². The van der Waals surface area contributed by atoms with Gasteiger partial charge in [-0.25, -0.2) is 4.39 Å². The van der Waals surface area contributed by atoms with Gasteiger partial charge in [0.1, 0.15) is 5.82 Å². The van der Waals surface area contributed by atoms with Crippen molar-refractivity contribution in [2.24, 2.45) is 5.41 Å². The molecule has 0 saturated heterocycles. The van der Waals surface area contributed by atoms with E-state index in [2.05, 4.69) is 21.2 Å². The molecular formula is C13H20BrFN2O. The summed E-state index contributed by atoms with van der Waals surface area (Å²) in [5.41, 5.74) is 6.69. The van der Waals surface area contributed by atoms with Gasteiger partial charge in [-0.1, -0.05) is 13.8 Å². The van der Waals surface area contributed by atoms with Gasteiger partial charge in [-0.05, 0) is 34.8 Å². The van der Waals surface area contributed by atoms with Crippen LogP contribution in [0, 0.1) is 11.2 Å². The lowest BCUT2D eigenvalue weighted by Gasteiger charge is -2.30. The Kier molecular flexibility index (Phi) is 5.41. The Hall–Kier alpha value is -0.810. The quantitative estimate of drug-likeness (QED) is 0.705. The molecule has 0 unspecified atom stereocenters. The number of rotatable bonds is 6. The second kappa shape index (κ2) is 6.38. The zero-order valence-corrected chi connectivity index (χ0v) is 12.3. The van der Waals surface area contributed by atoms with Crippen LogP contribution in [0.1, 0.15) is 26.7 Å². The maximum absolute atomic E-state index is 13.4. The van der Waals surface area contributed by atoms with Crippen molar-refractivity contribution < 1.29 is 9.50 Å². The molecule has 0 spiro atoms. The largest absolute Gasteiger partial charge is 0.397 e. The van der Waals surface area contributed by atoms with Gasteiger partial charge in [-0.2, -0.15) is 0 Å². The maximum Gasteiger partial charge on any atom is 0.139 e. The van der Waals surface area contributed by atoms with Crippen molar-refractivity contribution in [2.75, 3.05) is 24.2 Å². The molecule has 0 aliphatic carbocycles. The molecule has 1 rings (SSSR count). The minimum absolute atomic E-state index is 0.103. The number of halogens is 2. The number of nitrogen functional groups attached to an aromatic ring is 1. The Bertz CT molecular complexity index is 400. The molecule has 0 radical (unpaired) electrons. The van der Waals surface area contributed by atoms with E-state index in [9.17, 15) is 9.50 Å². The van der Waals surface area contributed by atoms with Crippen LogP contribution in [-0.2, 0) is 0 Å². The SMILES string of the molecule is CCC(CC)(CO)CNc1cc(F)c(Br)cc1N. The lowest BCUT2D eigenvalue weighted by Crippen LogP contribution is -2.32. The lowest BCUT2D eigenvalue weighted by molar-refractivity contribution is 0.127. The van der Waals surface area contributed by atoms with E-state index in [1.165, 1.54) is 12.1 Å². The maximum atomic E-state index is 13.4. The summed E-state index contributed by atoms with van der Waals surface area (Å²) in [5.74, 6) is -0.353. The number of nitrogens with one attached hydrogen (secondary N) is 1. The van der Waals surface area contributed by atoms with E-state index in [1.807, 2.05) is 13.8 Å². The molecule has 0 aliphatic rings. The molecule has 0 aliphatic heterocycles. The van der Waals surface area contributed by atoms with Crippen molar-refractivity contribution in [3.8, 4) is 0 Å². The molecule has 5 heteroatoms. The van der Waals surface area contributed by atoms with Crippen LogP contribution in [0.3, 0.4) is 0 Å². The third kappa shape index (κ3) is 3.36. The third-order valence-corrected chi connectivity index (χ3v) is 4.19. The zero-order chi connectivity index (χ0) is 13.8. The average molecular weight is 319 g/mol. The topological polar surface area (TPSA) is 58.3 Å². The van der Waals surface area contributed by atoms with Crippen LogP contribution in [0.25, 0.3) is 0 Å². The molecule has 18 heavy (non-hydrogen) atoms. The van der Waals surface area contributed by atoms with Crippen molar-refractivity contribution >= 4 is 27.3 Å². The van der Waals surface area contributed by atoms with Crippen molar-refractivity contribution in [3.63, 3.8) is 0 Å². The van der Waals surface area contributed by atoms with Crippen molar-refractivity contribution in [1.29, 1.82) is 0 Å². The first kappa shape index (κ1) is 15.2. The molecule has 0 heterocycles. The molecule has 0 bridgehead atoms. The van der Waals surface area contributed by atoms with Gasteiger partial charge in [0.05, 0.1) is 22.5 Å². The molecule has 0 saturated carbocycles. The Balaban J connectivity index is 2.83. The second-order valence-electron chi connectivity index (χ2n) is 4.57. The summed E-state index contributed by atoms with van der Waals surface area (Å²) in [6.45, 7) is 4.74. The highest BCUT2D eigenvalue weighted by Gasteiger charge is 2.25. The summed E-state index contributed by atoms with van der Waals surface area (Å²) in [4.78, 5) is 0.